The molecule has 0 atom stereocenters. The number of carboxylic acid groups (broad SMARTS) is 1. The quantitative estimate of drug-likeness (QED) is 0.0122. The molecule has 7 N–H and O–H groups in total. The summed E-state index contributed by atoms with van der Waals surface area (Å²) < 4.78 is 70.8. The highest BCUT2D eigenvalue weighted by Crippen LogP contribution is 2.38. The number of nitrogens with zero attached hydrogens (tertiary/aromatic N) is 5. The Kier molecular flexibility index (Phi) is 12.2. The highest BCUT2D eigenvalue weighted by Gasteiger charge is 2.22. The van der Waals surface area contributed by atoms with Crippen LogP contribution < -0.4 is 10.7 Å². The molecule has 0 bridgehead atoms. The first-order valence-electron chi connectivity index (χ1n) is 12.2. The molecule has 0 fully saturated rings. The van der Waals surface area contributed by atoms with Crippen molar-refractivity contribution in [1.82, 2.24) is 9.97 Å². The van der Waals surface area contributed by atoms with Gasteiger partial charge in [0.15, 0.2) is 5.82 Å². The van der Waals surface area contributed by atoms with E-state index in [9.17, 15) is 36.8 Å². The van der Waals surface area contributed by atoms with Gasteiger partial charge in [0, 0.05) is 27.1 Å². The number of nitrogens with one attached hydrogen (secondary N) is 2. The van der Waals surface area contributed by atoms with E-state index in [-0.39, 0.29) is 27.4 Å². The maximum atomic E-state index is 14.1. The Hall–Kier alpha value is -4.89. The van der Waals surface area contributed by atoms with Crippen LogP contribution in [0.5, 0.6) is 5.75 Å². The average molecular weight is 730 g/mol. The summed E-state index contributed by atoms with van der Waals surface area (Å²) in [6.45, 7) is 0. The molecule has 0 aliphatic carbocycles. The van der Waals surface area contributed by atoms with Crippen LogP contribution in [0, 0.1) is 11.8 Å². The van der Waals surface area contributed by atoms with Crippen LogP contribution >= 0.6 is 24.1 Å². The lowest BCUT2D eigenvalue weighted by atomic mass is 10.2. The fraction of sp³-hybridized carbons (Fsp3) is 0. The number of carbonyl (C=O) groups is 1. The summed E-state index contributed by atoms with van der Waals surface area (Å²) in [6.07, 6.45) is 0.671. The minimum absolute atomic E-state index is 0.102. The monoisotopic (exact) mass is 729 g/mol. The number of hydrogen-bond acceptors (Lipinski definition) is 18. The largest absolute Gasteiger partial charge is 0.505 e. The minimum atomic E-state index is -5.18. The molecule has 252 valence electrons. The SMILES string of the molecule is O=C(O)c1ccc(SOOO)cc1N/N=C(\N=Nc1c(O)cc(Nc2ncnc(F)c2F)cc1S(=O)(=O)O)c1cccc(SOOO)c1. The number of aromatic carboxylic acids is 1. The van der Waals surface area contributed by atoms with Crippen molar-refractivity contribution in [2.24, 2.45) is 15.3 Å². The summed E-state index contributed by atoms with van der Waals surface area (Å²) >= 11 is 1.05. The van der Waals surface area contributed by atoms with Gasteiger partial charge in [0.1, 0.15) is 22.7 Å². The first kappa shape index (κ1) is 36.0. The second-order valence-electron chi connectivity index (χ2n) is 8.51. The Morgan fingerprint density at radius 1 is 0.958 bits per heavy atom. The Morgan fingerprint density at radius 2 is 1.67 bits per heavy atom. The van der Waals surface area contributed by atoms with Gasteiger partial charge in [-0.3, -0.25) is 9.98 Å². The summed E-state index contributed by atoms with van der Waals surface area (Å²) in [5.41, 5.74) is 0.925. The first-order valence-corrected chi connectivity index (χ1v) is 15.1. The van der Waals surface area contributed by atoms with Crippen molar-refractivity contribution in [2.45, 2.75) is 14.7 Å². The number of phenolic OH excluding ortho intramolecular Hbond substituents is 1. The summed E-state index contributed by atoms with van der Waals surface area (Å²) in [4.78, 5) is 17.8. The number of hydrogen-bond donors (Lipinski definition) is 7. The molecule has 0 spiro atoms. The summed E-state index contributed by atoms with van der Waals surface area (Å²) in [7, 11) is -5.18. The van der Waals surface area contributed by atoms with E-state index in [0.717, 1.165) is 6.07 Å². The molecule has 1 heterocycles. The van der Waals surface area contributed by atoms with Gasteiger partial charge in [-0.05, 0) is 36.4 Å². The highest BCUT2D eigenvalue weighted by molar-refractivity contribution is 7.94. The van der Waals surface area contributed by atoms with Crippen molar-refractivity contribution < 1.29 is 66.0 Å². The third-order valence-electron chi connectivity index (χ3n) is 5.50. The first-order chi connectivity index (χ1) is 22.9. The third-order valence-corrected chi connectivity index (χ3v) is 7.52. The molecule has 4 aromatic rings. The summed E-state index contributed by atoms with van der Waals surface area (Å²) in [6, 6.07) is 11.0. The molecule has 0 aliphatic heterocycles. The molecule has 0 aliphatic rings. The average Bonchev–Trinajstić information content (AvgIpc) is 3.05. The van der Waals surface area contributed by atoms with Gasteiger partial charge < -0.3 is 15.5 Å². The molecule has 0 saturated carbocycles. The number of phenols is 1. The number of anilines is 3. The number of rotatable bonds is 14. The van der Waals surface area contributed by atoms with Gasteiger partial charge >= 0.3 is 5.97 Å². The smallest absolute Gasteiger partial charge is 0.337 e. The van der Waals surface area contributed by atoms with Crippen LogP contribution in [0.2, 0.25) is 0 Å². The fourth-order valence-corrected chi connectivity index (χ4v) is 5.02. The van der Waals surface area contributed by atoms with E-state index in [1.807, 2.05) is 0 Å². The number of aromatic nitrogens is 2. The molecule has 0 radical (unpaired) electrons. The molecule has 3 aromatic carbocycles. The highest BCUT2D eigenvalue weighted by atomic mass is 32.2. The van der Waals surface area contributed by atoms with Crippen LogP contribution in [-0.4, -0.2) is 55.5 Å². The Bertz CT molecular complexity index is 1990. The minimum Gasteiger partial charge on any atom is -0.505 e. The number of aromatic hydroxyl groups is 1. The molecule has 0 saturated heterocycles. The van der Waals surface area contributed by atoms with Crippen molar-refractivity contribution >= 4 is 68.9 Å². The van der Waals surface area contributed by atoms with Gasteiger partial charge in [0.05, 0.1) is 35.3 Å². The third kappa shape index (κ3) is 9.35. The van der Waals surface area contributed by atoms with E-state index >= 15 is 0 Å². The Labute approximate surface area is 274 Å². The van der Waals surface area contributed by atoms with E-state index in [4.69, 9.17) is 10.5 Å². The zero-order valence-corrected chi connectivity index (χ0v) is 25.5. The molecule has 19 nitrogen and oxygen atoms in total. The van der Waals surface area contributed by atoms with Crippen molar-refractivity contribution in [1.29, 1.82) is 0 Å². The van der Waals surface area contributed by atoms with E-state index < -0.39 is 55.8 Å². The number of hydrazone groups is 1. The second kappa shape index (κ2) is 16.3. The van der Waals surface area contributed by atoms with Crippen molar-refractivity contribution in [3.63, 3.8) is 0 Å². The van der Waals surface area contributed by atoms with Gasteiger partial charge in [0.2, 0.25) is 11.7 Å². The molecule has 48 heavy (non-hydrogen) atoms. The van der Waals surface area contributed by atoms with Crippen LogP contribution in [0.25, 0.3) is 0 Å². The van der Waals surface area contributed by atoms with Crippen molar-refractivity contribution in [3.8, 4) is 5.75 Å². The maximum Gasteiger partial charge on any atom is 0.337 e. The van der Waals surface area contributed by atoms with E-state index in [1.165, 1.54) is 42.5 Å². The molecule has 0 unspecified atom stereocenters. The fourth-order valence-electron chi connectivity index (χ4n) is 3.54. The van der Waals surface area contributed by atoms with Crippen LogP contribution in [0.4, 0.5) is 31.7 Å². The van der Waals surface area contributed by atoms with Gasteiger partial charge in [-0.2, -0.15) is 22.3 Å². The van der Waals surface area contributed by atoms with Crippen LogP contribution in [0.1, 0.15) is 15.9 Å². The second-order valence-corrected chi connectivity index (χ2v) is 11.4. The van der Waals surface area contributed by atoms with Crippen LogP contribution in [-0.2, 0) is 28.9 Å². The lowest BCUT2D eigenvalue weighted by Crippen LogP contribution is -2.06. The van der Waals surface area contributed by atoms with Gasteiger partial charge in [0.25, 0.3) is 16.1 Å². The van der Waals surface area contributed by atoms with Gasteiger partial charge in [-0.25, -0.2) is 25.3 Å². The number of benzene rings is 3. The van der Waals surface area contributed by atoms with E-state index in [2.05, 4.69) is 54.8 Å². The number of azo groups is 1. The molecule has 24 heteroatoms. The van der Waals surface area contributed by atoms with E-state index in [0.29, 0.717) is 41.4 Å². The van der Waals surface area contributed by atoms with Crippen LogP contribution in [0.15, 0.2) is 90.9 Å². The van der Waals surface area contributed by atoms with Crippen molar-refractivity contribution in [2.75, 3.05) is 10.7 Å². The number of amidine groups is 1. The summed E-state index contributed by atoms with van der Waals surface area (Å²) in [5.74, 6) is -6.49. The van der Waals surface area contributed by atoms with Crippen molar-refractivity contribution in [3.05, 3.63) is 83.8 Å². The number of carboxylic acids is 1. The normalized spacial score (nSPS) is 12.0. The Morgan fingerprint density at radius 3 is 2.33 bits per heavy atom. The zero-order chi connectivity index (χ0) is 34.8. The zero-order valence-electron chi connectivity index (χ0n) is 23.1. The summed E-state index contributed by atoms with van der Waals surface area (Å²) in [5, 5.41) is 58.3. The standard InChI is InChI=1S/C24H17F2N7O12S3/c25-19-21(26)27-10-28-23(19)29-12-7-17(34)20(18(8-12)48(39,40)41)31-33-22(11-2-1-3-13(6-11)46-44-42-37)32-30-16-9-14(47-45-43-38)4-5-15(16)24(35)36/h1-10,30,34,37-38H,(H,35,36)(H,27,28,29)(H,39,40,41)/b32-22-,33-31?. The van der Waals surface area contributed by atoms with E-state index in [1.54, 1.807) is 0 Å². The number of halogens is 2. The predicted molar refractivity (Wildman–Crippen MR) is 159 cm³/mol. The lowest BCUT2D eigenvalue weighted by molar-refractivity contribution is -0.432. The molecule has 0 amide bonds. The molecule has 4 rings (SSSR count). The van der Waals surface area contributed by atoms with Crippen LogP contribution in [0.3, 0.4) is 0 Å². The maximum absolute atomic E-state index is 14.1. The van der Waals surface area contributed by atoms with Gasteiger partial charge in [-0.15, -0.1) is 18.9 Å². The lowest BCUT2D eigenvalue weighted by Gasteiger charge is -2.11. The molecular weight excluding hydrogens is 712 g/mol. The molecule has 1 aromatic heterocycles. The predicted octanol–water partition coefficient (Wildman–Crippen LogP) is 5.56. The Balaban J connectivity index is 1.80. The topological polar surface area (TPSA) is 276 Å². The molecular formula is C24H17F2N7O12S3. The van der Waals surface area contributed by atoms with Gasteiger partial charge in [-0.1, -0.05) is 22.2 Å².